The Kier molecular flexibility index (Phi) is 8.58. The Morgan fingerprint density at radius 1 is 0.952 bits per heavy atom. The molecule has 0 radical (unpaired) electrons. The summed E-state index contributed by atoms with van der Waals surface area (Å²) in [4.78, 5) is 13.1. The maximum atomic E-state index is 13.1. The first kappa shape index (κ1) is 28.5. The first-order valence-corrected chi connectivity index (χ1v) is 14.8. The second-order valence-electron chi connectivity index (χ2n) is 9.89. The number of para-hydroxylation sites is 1. The number of amides is 1. The van der Waals surface area contributed by atoms with Gasteiger partial charge in [0.25, 0.3) is 0 Å². The van der Waals surface area contributed by atoms with E-state index in [1.807, 2.05) is 66.2 Å². The Bertz CT molecular complexity index is 1890. The monoisotopic (exact) mass is 575 g/mol. The normalized spacial score (nSPS) is 12.3. The lowest BCUT2D eigenvalue weighted by atomic mass is 10.0. The highest BCUT2D eigenvalue weighted by molar-refractivity contribution is 7.89. The van der Waals surface area contributed by atoms with Crippen molar-refractivity contribution in [2.45, 2.75) is 30.8 Å². The molecular formula is C33H29N5O3S. The van der Waals surface area contributed by atoms with Crippen LogP contribution in [0.5, 0.6) is 0 Å². The third-order valence-electron chi connectivity index (χ3n) is 6.91. The Morgan fingerprint density at radius 3 is 2.40 bits per heavy atom. The van der Waals surface area contributed by atoms with Gasteiger partial charge in [-0.25, -0.2) is 18.6 Å². The van der Waals surface area contributed by atoms with Gasteiger partial charge in [-0.1, -0.05) is 84.4 Å². The zero-order chi connectivity index (χ0) is 29.5. The van der Waals surface area contributed by atoms with E-state index >= 15 is 0 Å². The molecule has 4 aromatic carbocycles. The summed E-state index contributed by atoms with van der Waals surface area (Å²) in [6.07, 6.45) is 3.34. The minimum absolute atomic E-state index is 0.126. The molecule has 0 saturated carbocycles. The van der Waals surface area contributed by atoms with E-state index in [4.69, 9.17) is 0 Å². The SMILES string of the molecule is Cc1ccc(S(=O)(=O)N[C@@H](CC(=O)N/N=C\c2cn(Cc3ccccc3C#N)c3ccccc23)c2ccccc2)cc1. The number of sulfonamides is 1. The van der Waals surface area contributed by atoms with Gasteiger partial charge in [0.2, 0.25) is 15.9 Å². The topological polar surface area (TPSA) is 116 Å². The van der Waals surface area contributed by atoms with Gasteiger partial charge in [-0.2, -0.15) is 10.4 Å². The summed E-state index contributed by atoms with van der Waals surface area (Å²) in [6, 6.07) is 32.3. The second kappa shape index (κ2) is 12.6. The predicted molar refractivity (Wildman–Crippen MR) is 163 cm³/mol. The maximum Gasteiger partial charge on any atom is 0.242 e. The van der Waals surface area contributed by atoms with Crippen LogP contribution in [0.3, 0.4) is 0 Å². The van der Waals surface area contributed by atoms with Crippen molar-refractivity contribution in [1.82, 2.24) is 14.7 Å². The van der Waals surface area contributed by atoms with Gasteiger partial charge in [-0.05, 0) is 42.3 Å². The number of benzene rings is 4. The number of aryl methyl sites for hydroxylation is 1. The molecule has 8 nitrogen and oxygen atoms in total. The number of carbonyl (C=O) groups is 1. The van der Waals surface area contributed by atoms with Crippen molar-refractivity contribution < 1.29 is 13.2 Å². The highest BCUT2D eigenvalue weighted by atomic mass is 32.2. The Balaban J connectivity index is 1.33. The van der Waals surface area contributed by atoms with E-state index < -0.39 is 22.0 Å². The van der Waals surface area contributed by atoms with Crippen LogP contribution >= 0.6 is 0 Å². The van der Waals surface area contributed by atoms with E-state index in [1.165, 1.54) is 0 Å². The number of nitriles is 1. The molecule has 42 heavy (non-hydrogen) atoms. The maximum absolute atomic E-state index is 13.1. The van der Waals surface area contributed by atoms with Crippen LogP contribution in [0.1, 0.15) is 40.3 Å². The van der Waals surface area contributed by atoms with Crippen LogP contribution in [0, 0.1) is 18.3 Å². The molecule has 0 bridgehead atoms. The fourth-order valence-corrected chi connectivity index (χ4v) is 5.97. The molecule has 1 amide bonds. The van der Waals surface area contributed by atoms with E-state index in [2.05, 4.69) is 21.3 Å². The molecule has 1 atom stereocenters. The van der Waals surface area contributed by atoms with Crippen LogP contribution in [0.25, 0.3) is 10.9 Å². The summed E-state index contributed by atoms with van der Waals surface area (Å²) in [5.74, 6) is -0.446. The molecule has 1 aromatic heterocycles. The lowest BCUT2D eigenvalue weighted by Gasteiger charge is -2.18. The van der Waals surface area contributed by atoms with Crippen molar-refractivity contribution in [2.24, 2.45) is 5.10 Å². The second-order valence-corrected chi connectivity index (χ2v) is 11.6. The zero-order valence-corrected chi connectivity index (χ0v) is 23.8. The molecule has 5 rings (SSSR count). The highest BCUT2D eigenvalue weighted by Crippen LogP contribution is 2.23. The van der Waals surface area contributed by atoms with Gasteiger partial charge in [0.1, 0.15) is 0 Å². The molecular weight excluding hydrogens is 546 g/mol. The molecule has 0 aliphatic carbocycles. The molecule has 0 fully saturated rings. The molecule has 0 saturated heterocycles. The Hall–Kier alpha value is -5.04. The molecule has 0 unspecified atom stereocenters. The van der Waals surface area contributed by atoms with Crippen molar-refractivity contribution in [3.05, 3.63) is 137 Å². The lowest BCUT2D eigenvalue weighted by Crippen LogP contribution is -2.32. The van der Waals surface area contributed by atoms with Crippen LogP contribution in [0.15, 0.2) is 119 Å². The number of hydrogen-bond acceptors (Lipinski definition) is 5. The van der Waals surface area contributed by atoms with Crippen LogP contribution in [0.4, 0.5) is 0 Å². The first-order chi connectivity index (χ1) is 20.3. The van der Waals surface area contributed by atoms with Gasteiger partial charge in [0.15, 0.2) is 0 Å². The van der Waals surface area contributed by atoms with Gasteiger partial charge >= 0.3 is 0 Å². The number of nitrogens with one attached hydrogen (secondary N) is 2. The molecule has 9 heteroatoms. The van der Waals surface area contributed by atoms with Crippen molar-refractivity contribution in [1.29, 1.82) is 5.26 Å². The largest absolute Gasteiger partial charge is 0.342 e. The molecule has 210 valence electrons. The zero-order valence-electron chi connectivity index (χ0n) is 22.9. The van der Waals surface area contributed by atoms with Gasteiger partial charge in [-0.15, -0.1) is 0 Å². The van der Waals surface area contributed by atoms with Gasteiger partial charge in [0.05, 0.1) is 28.8 Å². The smallest absolute Gasteiger partial charge is 0.242 e. The van der Waals surface area contributed by atoms with Gasteiger partial charge in [-0.3, -0.25) is 4.79 Å². The number of aromatic nitrogens is 1. The molecule has 0 aliphatic rings. The molecule has 5 aromatic rings. The average molecular weight is 576 g/mol. The van der Waals surface area contributed by atoms with Crippen molar-refractivity contribution in [2.75, 3.05) is 0 Å². The average Bonchev–Trinajstić information content (AvgIpc) is 3.34. The number of rotatable bonds is 10. The number of carbonyl (C=O) groups excluding carboxylic acids is 1. The summed E-state index contributed by atoms with van der Waals surface area (Å²) in [5, 5.41) is 14.6. The predicted octanol–water partition coefficient (Wildman–Crippen LogP) is 5.43. The summed E-state index contributed by atoms with van der Waals surface area (Å²) in [7, 11) is -3.88. The highest BCUT2D eigenvalue weighted by Gasteiger charge is 2.23. The fourth-order valence-electron chi connectivity index (χ4n) is 4.75. The van der Waals surface area contributed by atoms with E-state index in [0.29, 0.717) is 17.7 Å². The van der Waals surface area contributed by atoms with E-state index in [9.17, 15) is 18.5 Å². The standard InChI is InChI=1S/C33H29N5O3S/c1-24-15-17-29(18-16-24)42(40,41)37-31(25-9-3-2-4-10-25)19-33(39)36-35-21-28-23-38(32-14-8-7-13-30(28)32)22-27-12-6-5-11-26(27)20-34/h2-18,21,23,31,37H,19,22H2,1H3,(H,36,39)/b35-21-/t31-/m0/s1. The van der Waals surface area contributed by atoms with Gasteiger partial charge < -0.3 is 4.57 Å². The Morgan fingerprint density at radius 2 is 1.64 bits per heavy atom. The summed E-state index contributed by atoms with van der Waals surface area (Å²) in [6.45, 7) is 2.39. The van der Waals surface area contributed by atoms with E-state index in [-0.39, 0.29) is 11.3 Å². The Labute approximate surface area is 245 Å². The molecule has 2 N–H and O–H groups in total. The van der Waals surface area contributed by atoms with Crippen molar-refractivity contribution in [3.8, 4) is 6.07 Å². The third kappa shape index (κ3) is 6.63. The summed E-state index contributed by atoms with van der Waals surface area (Å²) < 4.78 is 30.9. The minimum Gasteiger partial charge on any atom is -0.342 e. The summed E-state index contributed by atoms with van der Waals surface area (Å²) in [5.41, 5.74) is 7.43. The number of fused-ring (bicyclic) bond motifs is 1. The van der Waals surface area contributed by atoms with Crippen LogP contribution in [0.2, 0.25) is 0 Å². The molecule has 1 heterocycles. The third-order valence-corrected chi connectivity index (χ3v) is 8.40. The van der Waals surface area contributed by atoms with Crippen LogP contribution < -0.4 is 10.1 Å². The fraction of sp³-hybridized carbons (Fsp3) is 0.121. The number of nitrogens with zero attached hydrogens (tertiary/aromatic N) is 3. The quantitative estimate of drug-likeness (QED) is 0.171. The number of hydrogen-bond donors (Lipinski definition) is 2. The first-order valence-electron chi connectivity index (χ1n) is 13.4. The van der Waals surface area contributed by atoms with Gasteiger partial charge in [0, 0.05) is 35.6 Å². The van der Waals surface area contributed by atoms with Crippen molar-refractivity contribution >= 4 is 33.0 Å². The van der Waals surface area contributed by atoms with E-state index in [1.54, 1.807) is 60.8 Å². The molecule has 0 aliphatic heterocycles. The molecule has 0 spiro atoms. The van der Waals surface area contributed by atoms with Crippen LogP contribution in [-0.4, -0.2) is 25.1 Å². The number of hydrazone groups is 1. The lowest BCUT2D eigenvalue weighted by molar-refractivity contribution is -0.121. The van der Waals surface area contributed by atoms with E-state index in [0.717, 1.165) is 27.6 Å². The van der Waals surface area contributed by atoms with Crippen molar-refractivity contribution in [3.63, 3.8) is 0 Å². The minimum atomic E-state index is -3.88. The summed E-state index contributed by atoms with van der Waals surface area (Å²) >= 11 is 0. The van der Waals surface area contributed by atoms with Crippen LogP contribution in [-0.2, 0) is 21.4 Å².